The molecule has 0 saturated heterocycles. The van der Waals surface area contributed by atoms with Crippen molar-refractivity contribution in [1.82, 2.24) is 0 Å². The molecule has 0 aromatic heterocycles. The van der Waals surface area contributed by atoms with E-state index in [1.54, 1.807) is 0 Å². The van der Waals surface area contributed by atoms with Gasteiger partial charge in [-0.05, 0) is 37.3 Å². The summed E-state index contributed by atoms with van der Waals surface area (Å²) in [6.07, 6.45) is 2.72. The molecular formula is C15H24N2O2. The number of nitrogens with two attached hydrogens (primary N) is 1. The molecule has 0 aliphatic carbocycles. The van der Waals surface area contributed by atoms with E-state index in [4.69, 9.17) is 10.8 Å². The number of para-hydroxylation sites is 1. The van der Waals surface area contributed by atoms with Gasteiger partial charge in [0.15, 0.2) is 0 Å². The van der Waals surface area contributed by atoms with Crippen molar-refractivity contribution < 1.29 is 9.90 Å². The van der Waals surface area contributed by atoms with Gasteiger partial charge in [-0.2, -0.15) is 0 Å². The van der Waals surface area contributed by atoms with Gasteiger partial charge in [-0.15, -0.1) is 0 Å². The molecule has 1 rings (SSSR count). The number of hydrogen-bond acceptors (Lipinski definition) is 3. The predicted octanol–water partition coefficient (Wildman–Crippen LogP) is 2.56. The van der Waals surface area contributed by atoms with Crippen LogP contribution >= 0.6 is 0 Å². The SMILES string of the molecule is C[C@@H](CCCNc1ccccc1)C[C@H](CN)C(=O)O. The van der Waals surface area contributed by atoms with Gasteiger partial charge in [0.25, 0.3) is 0 Å². The quantitative estimate of drug-likeness (QED) is 0.599. The Labute approximate surface area is 115 Å². The molecule has 0 amide bonds. The van der Waals surface area contributed by atoms with Crippen molar-refractivity contribution in [1.29, 1.82) is 0 Å². The van der Waals surface area contributed by atoms with Gasteiger partial charge in [0.2, 0.25) is 0 Å². The average molecular weight is 264 g/mol. The van der Waals surface area contributed by atoms with Crippen molar-refractivity contribution in [3.63, 3.8) is 0 Å². The van der Waals surface area contributed by atoms with Crippen molar-refractivity contribution in [2.24, 2.45) is 17.6 Å². The van der Waals surface area contributed by atoms with Crippen molar-refractivity contribution in [3.8, 4) is 0 Å². The van der Waals surface area contributed by atoms with Gasteiger partial charge in [-0.3, -0.25) is 4.79 Å². The fourth-order valence-corrected chi connectivity index (χ4v) is 2.14. The summed E-state index contributed by atoms with van der Waals surface area (Å²) in [7, 11) is 0. The van der Waals surface area contributed by atoms with Crippen LogP contribution in [-0.2, 0) is 4.79 Å². The van der Waals surface area contributed by atoms with Crippen LogP contribution in [0.25, 0.3) is 0 Å². The molecule has 2 atom stereocenters. The number of carbonyl (C=O) groups is 1. The lowest BCUT2D eigenvalue weighted by Crippen LogP contribution is -2.25. The first-order valence-electron chi connectivity index (χ1n) is 6.85. The number of benzene rings is 1. The normalized spacial score (nSPS) is 13.8. The summed E-state index contributed by atoms with van der Waals surface area (Å²) >= 11 is 0. The monoisotopic (exact) mass is 264 g/mol. The number of aliphatic carboxylic acids is 1. The zero-order valence-corrected chi connectivity index (χ0v) is 11.5. The minimum Gasteiger partial charge on any atom is -0.481 e. The molecule has 19 heavy (non-hydrogen) atoms. The molecule has 106 valence electrons. The first-order valence-corrected chi connectivity index (χ1v) is 6.85. The number of anilines is 1. The maximum Gasteiger partial charge on any atom is 0.307 e. The van der Waals surface area contributed by atoms with Crippen LogP contribution in [0.4, 0.5) is 5.69 Å². The van der Waals surface area contributed by atoms with E-state index in [1.807, 2.05) is 30.3 Å². The van der Waals surface area contributed by atoms with E-state index < -0.39 is 11.9 Å². The van der Waals surface area contributed by atoms with Crippen LogP contribution in [0.15, 0.2) is 30.3 Å². The highest BCUT2D eigenvalue weighted by atomic mass is 16.4. The largest absolute Gasteiger partial charge is 0.481 e. The summed E-state index contributed by atoms with van der Waals surface area (Å²) in [4.78, 5) is 10.9. The topological polar surface area (TPSA) is 75.3 Å². The summed E-state index contributed by atoms with van der Waals surface area (Å²) in [5.41, 5.74) is 6.59. The highest BCUT2D eigenvalue weighted by Crippen LogP contribution is 2.17. The predicted molar refractivity (Wildman–Crippen MR) is 78.1 cm³/mol. The molecule has 0 heterocycles. The van der Waals surface area contributed by atoms with Gasteiger partial charge in [0.05, 0.1) is 5.92 Å². The van der Waals surface area contributed by atoms with Gasteiger partial charge < -0.3 is 16.2 Å². The van der Waals surface area contributed by atoms with E-state index in [0.29, 0.717) is 12.3 Å². The first kappa shape index (κ1) is 15.5. The van der Waals surface area contributed by atoms with Crippen molar-refractivity contribution in [2.45, 2.75) is 26.2 Å². The third-order valence-corrected chi connectivity index (χ3v) is 3.30. The molecule has 4 heteroatoms. The zero-order valence-electron chi connectivity index (χ0n) is 11.5. The van der Waals surface area contributed by atoms with Crippen molar-refractivity contribution in [2.75, 3.05) is 18.4 Å². The molecule has 4 N–H and O–H groups in total. The smallest absolute Gasteiger partial charge is 0.307 e. The number of carboxylic acids is 1. The van der Waals surface area contributed by atoms with E-state index >= 15 is 0 Å². The lowest BCUT2D eigenvalue weighted by atomic mass is 9.92. The molecular weight excluding hydrogens is 240 g/mol. The zero-order chi connectivity index (χ0) is 14.1. The second kappa shape index (κ2) is 8.53. The van der Waals surface area contributed by atoms with Gasteiger partial charge in [-0.25, -0.2) is 0 Å². The van der Waals surface area contributed by atoms with Crippen LogP contribution < -0.4 is 11.1 Å². The summed E-state index contributed by atoms with van der Waals surface area (Å²) in [5, 5.41) is 12.3. The van der Waals surface area contributed by atoms with Crippen LogP contribution in [0.1, 0.15) is 26.2 Å². The third-order valence-electron chi connectivity index (χ3n) is 3.30. The minimum atomic E-state index is -0.781. The number of nitrogens with one attached hydrogen (secondary N) is 1. The Balaban J connectivity index is 2.17. The standard InChI is InChI=1S/C15H24N2O2/c1-12(10-13(11-16)15(18)19)6-5-9-17-14-7-3-2-4-8-14/h2-4,7-8,12-13,17H,5-6,9-11,16H2,1H3,(H,18,19)/t12-,13+/m0/s1. The maximum atomic E-state index is 10.9. The van der Waals surface area contributed by atoms with Gasteiger partial charge >= 0.3 is 5.97 Å². The van der Waals surface area contributed by atoms with Gasteiger partial charge in [0, 0.05) is 18.8 Å². The van der Waals surface area contributed by atoms with Gasteiger partial charge in [0.1, 0.15) is 0 Å². The Hall–Kier alpha value is -1.55. The molecule has 0 aliphatic rings. The summed E-state index contributed by atoms with van der Waals surface area (Å²) in [5.74, 6) is -0.795. The van der Waals surface area contributed by atoms with E-state index in [1.165, 1.54) is 0 Å². The van der Waals surface area contributed by atoms with E-state index in [0.717, 1.165) is 25.1 Å². The van der Waals surface area contributed by atoms with E-state index in [-0.39, 0.29) is 6.54 Å². The molecule has 4 nitrogen and oxygen atoms in total. The van der Waals surface area contributed by atoms with Crippen LogP contribution in [0.3, 0.4) is 0 Å². The molecule has 0 saturated carbocycles. The third kappa shape index (κ3) is 6.25. The number of hydrogen-bond donors (Lipinski definition) is 3. The molecule has 1 aromatic rings. The fourth-order valence-electron chi connectivity index (χ4n) is 2.14. The number of carboxylic acid groups (broad SMARTS) is 1. The molecule has 0 fully saturated rings. The molecule has 0 radical (unpaired) electrons. The average Bonchev–Trinajstić information content (AvgIpc) is 2.42. The second-order valence-electron chi connectivity index (χ2n) is 5.05. The molecule has 0 spiro atoms. The van der Waals surface area contributed by atoms with Crippen molar-refractivity contribution in [3.05, 3.63) is 30.3 Å². The van der Waals surface area contributed by atoms with Crippen LogP contribution in [0.2, 0.25) is 0 Å². The number of rotatable bonds is 9. The fraction of sp³-hybridized carbons (Fsp3) is 0.533. The summed E-state index contributed by atoms with van der Waals surface area (Å²) < 4.78 is 0. The minimum absolute atomic E-state index is 0.224. The lowest BCUT2D eigenvalue weighted by molar-refractivity contribution is -0.141. The van der Waals surface area contributed by atoms with E-state index in [9.17, 15) is 4.79 Å². The molecule has 1 aromatic carbocycles. The molecule has 0 unspecified atom stereocenters. The Morgan fingerprint density at radius 1 is 1.37 bits per heavy atom. The Bertz CT molecular complexity index is 368. The second-order valence-corrected chi connectivity index (χ2v) is 5.05. The molecule has 0 aliphatic heterocycles. The van der Waals surface area contributed by atoms with Crippen LogP contribution in [0, 0.1) is 11.8 Å². The van der Waals surface area contributed by atoms with Crippen LogP contribution in [-0.4, -0.2) is 24.2 Å². The first-order chi connectivity index (χ1) is 9.13. The Morgan fingerprint density at radius 2 is 2.05 bits per heavy atom. The van der Waals surface area contributed by atoms with E-state index in [2.05, 4.69) is 12.2 Å². The highest BCUT2D eigenvalue weighted by Gasteiger charge is 2.18. The lowest BCUT2D eigenvalue weighted by Gasteiger charge is -2.16. The van der Waals surface area contributed by atoms with Crippen molar-refractivity contribution >= 4 is 11.7 Å². The molecule has 0 bridgehead atoms. The van der Waals surface area contributed by atoms with Crippen LogP contribution in [0.5, 0.6) is 0 Å². The Morgan fingerprint density at radius 3 is 2.63 bits per heavy atom. The maximum absolute atomic E-state index is 10.9. The Kier molecular flexibility index (Phi) is 6.97. The van der Waals surface area contributed by atoms with Gasteiger partial charge in [-0.1, -0.05) is 25.1 Å². The summed E-state index contributed by atoms with van der Waals surface area (Å²) in [6, 6.07) is 10.1. The summed E-state index contributed by atoms with van der Waals surface area (Å²) in [6.45, 7) is 3.23. The highest BCUT2D eigenvalue weighted by molar-refractivity contribution is 5.70.